The van der Waals surface area contributed by atoms with Gasteiger partial charge < -0.3 is 10.2 Å². The maximum absolute atomic E-state index is 13.8. The Hall–Kier alpha value is -2.83. The molecule has 3 rings (SSSR count). The Bertz CT molecular complexity index is 922. The molecule has 0 radical (unpaired) electrons. The maximum atomic E-state index is 13.8. The van der Waals surface area contributed by atoms with Gasteiger partial charge in [0.25, 0.3) is 0 Å². The van der Waals surface area contributed by atoms with Gasteiger partial charge in [0.15, 0.2) is 0 Å². The molecule has 0 bridgehead atoms. The molecule has 1 saturated heterocycles. The van der Waals surface area contributed by atoms with E-state index in [9.17, 15) is 14.0 Å². The summed E-state index contributed by atoms with van der Waals surface area (Å²) in [5, 5.41) is 2.61. The van der Waals surface area contributed by atoms with Crippen LogP contribution >= 0.6 is 0 Å². The van der Waals surface area contributed by atoms with Crippen molar-refractivity contribution in [3.05, 3.63) is 52.9 Å². The number of halogens is 1. The number of anilines is 1. The molecule has 1 aliphatic rings. The number of benzene rings is 1. The van der Waals surface area contributed by atoms with E-state index in [1.54, 1.807) is 12.1 Å². The van der Waals surface area contributed by atoms with E-state index < -0.39 is 5.82 Å². The molecule has 7 heteroatoms. The number of amides is 2. The number of aryl methyl sites for hydroxylation is 2. The molecule has 30 heavy (non-hydrogen) atoms. The number of nitrogens with one attached hydrogen (secondary N) is 1. The molecular formula is C23H29FN4O2. The smallest absolute Gasteiger partial charge is 0.229 e. The lowest BCUT2D eigenvalue weighted by atomic mass is 9.95. The first-order valence-corrected chi connectivity index (χ1v) is 10.4. The number of hydrogen-bond acceptors (Lipinski definition) is 4. The second-order valence-corrected chi connectivity index (χ2v) is 8.21. The quantitative estimate of drug-likeness (QED) is 0.811. The third kappa shape index (κ3) is 5.01. The molecule has 0 aliphatic carbocycles. The number of nitrogens with zero attached hydrogens (tertiary/aromatic N) is 3. The van der Waals surface area contributed by atoms with Crippen LogP contribution in [0.5, 0.6) is 0 Å². The standard InChI is InChI=1S/C23H29FN4O2/c1-14(2)23(30)28-11-7-8-17(13-28)22-25-15(3)18(16(4)26-22)12-21(29)27-20-10-6-5-9-19(20)24/h5-6,9-10,14,17H,7-8,11-13H2,1-4H3,(H,27,29)/t17-/m0/s1. The molecule has 0 saturated carbocycles. The fourth-order valence-electron chi connectivity index (χ4n) is 3.87. The average Bonchev–Trinajstić information content (AvgIpc) is 2.71. The fraction of sp³-hybridized carbons (Fsp3) is 0.478. The number of likely N-dealkylation sites (tertiary alicyclic amines) is 1. The van der Waals surface area contributed by atoms with Crippen LogP contribution in [-0.4, -0.2) is 39.8 Å². The lowest BCUT2D eigenvalue weighted by Gasteiger charge is -2.33. The number of hydrogen-bond donors (Lipinski definition) is 1. The summed E-state index contributed by atoms with van der Waals surface area (Å²) >= 11 is 0. The van der Waals surface area contributed by atoms with Crippen molar-refractivity contribution in [2.24, 2.45) is 5.92 Å². The topological polar surface area (TPSA) is 75.2 Å². The third-order valence-corrected chi connectivity index (χ3v) is 5.52. The number of aromatic nitrogens is 2. The highest BCUT2D eigenvalue weighted by atomic mass is 19.1. The van der Waals surface area contributed by atoms with Gasteiger partial charge in [0, 0.05) is 41.9 Å². The predicted octanol–water partition coefficient (Wildman–Crippen LogP) is 3.78. The van der Waals surface area contributed by atoms with Crippen molar-refractivity contribution in [1.29, 1.82) is 0 Å². The van der Waals surface area contributed by atoms with E-state index in [0.717, 1.165) is 42.2 Å². The molecule has 1 aromatic carbocycles. The van der Waals surface area contributed by atoms with E-state index in [0.29, 0.717) is 6.54 Å². The van der Waals surface area contributed by atoms with E-state index in [1.165, 1.54) is 12.1 Å². The van der Waals surface area contributed by atoms with Crippen LogP contribution < -0.4 is 5.32 Å². The fourth-order valence-corrected chi connectivity index (χ4v) is 3.87. The molecule has 2 heterocycles. The first-order valence-electron chi connectivity index (χ1n) is 10.4. The van der Waals surface area contributed by atoms with Gasteiger partial charge in [-0.15, -0.1) is 0 Å². The van der Waals surface area contributed by atoms with Crippen molar-refractivity contribution >= 4 is 17.5 Å². The number of para-hydroxylation sites is 1. The molecule has 1 N–H and O–H groups in total. The Morgan fingerprint density at radius 1 is 1.20 bits per heavy atom. The Kier molecular flexibility index (Phi) is 6.80. The molecule has 160 valence electrons. The molecule has 1 fully saturated rings. The van der Waals surface area contributed by atoms with Crippen LogP contribution in [0.2, 0.25) is 0 Å². The van der Waals surface area contributed by atoms with Gasteiger partial charge in [-0.3, -0.25) is 9.59 Å². The van der Waals surface area contributed by atoms with Crippen LogP contribution in [0.1, 0.15) is 55.4 Å². The summed E-state index contributed by atoms with van der Waals surface area (Å²) in [6.45, 7) is 8.96. The Labute approximate surface area is 176 Å². The van der Waals surface area contributed by atoms with Gasteiger partial charge in [0.2, 0.25) is 11.8 Å². The van der Waals surface area contributed by atoms with Crippen LogP contribution in [0.25, 0.3) is 0 Å². The molecule has 0 unspecified atom stereocenters. The minimum atomic E-state index is -0.469. The first kappa shape index (κ1) is 21.9. The Balaban J connectivity index is 1.73. The van der Waals surface area contributed by atoms with Crippen LogP contribution in [0, 0.1) is 25.6 Å². The van der Waals surface area contributed by atoms with Gasteiger partial charge in [-0.05, 0) is 38.8 Å². The van der Waals surface area contributed by atoms with Gasteiger partial charge in [-0.25, -0.2) is 14.4 Å². The zero-order valence-electron chi connectivity index (χ0n) is 18.0. The summed E-state index contributed by atoms with van der Waals surface area (Å²) in [5.74, 6) is 0.181. The van der Waals surface area contributed by atoms with E-state index in [-0.39, 0.29) is 35.8 Å². The highest BCUT2D eigenvalue weighted by Crippen LogP contribution is 2.27. The molecule has 2 amide bonds. The second-order valence-electron chi connectivity index (χ2n) is 8.21. The molecule has 0 spiro atoms. The van der Waals surface area contributed by atoms with E-state index in [1.807, 2.05) is 32.6 Å². The normalized spacial score (nSPS) is 16.6. The zero-order valence-corrected chi connectivity index (χ0v) is 18.0. The SMILES string of the molecule is Cc1nc([C@H]2CCCN(C(=O)C(C)C)C2)nc(C)c1CC(=O)Nc1ccccc1F. The molecule has 1 aliphatic heterocycles. The summed E-state index contributed by atoms with van der Waals surface area (Å²) in [4.78, 5) is 36.0. The van der Waals surface area contributed by atoms with Crippen molar-refractivity contribution in [2.45, 2.75) is 52.9 Å². The average molecular weight is 413 g/mol. The summed E-state index contributed by atoms with van der Waals surface area (Å²) in [5.41, 5.74) is 2.40. The summed E-state index contributed by atoms with van der Waals surface area (Å²) in [7, 11) is 0. The molecule has 1 aromatic heterocycles. The van der Waals surface area contributed by atoms with Crippen molar-refractivity contribution in [1.82, 2.24) is 14.9 Å². The summed E-state index contributed by atoms with van der Waals surface area (Å²) in [6.07, 6.45) is 1.94. The predicted molar refractivity (Wildman–Crippen MR) is 114 cm³/mol. The molecular weight excluding hydrogens is 383 g/mol. The monoisotopic (exact) mass is 412 g/mol. The summed E-state index contributed by atoms with van der Waals surface area (Å²) < 4.78 is 13.8. The molecule has 1 atom stereocenters. The number of piperidine rings is 1. The number of rotatable bonds is 5. The van der Waals surface area contributed by atoms with E-state index >= 15 is 0 Å². The van der Waals surface area contributed by atoms with Gasteiger partial charge in [0.05, 0.1) is 12.1 Å². The van der Waals surface area contributed by atoms with Crippen LogP contribution in [0.3, 0.4) is 0 Å². The zero-order chi connectivity index (χ0) is 21.8. The minimum Gasteiger partial charge on any atom is -0.342 e. The van der Waals surface area contributed by atoms with Gasteiger partial charge in [0.1, 0.15) is 11.6 Å². The van der Waals surface area contributed by atoms with Crippen LogP contribution in [0.15, 0.2) is 24.3 Å². The van der Waals surface area contributed by atoms with Gasteiger partial charge in [-0.2, -0.15) is 0 Å². The highest BCUT2D eigenvalue weighted by molar-refractivity contribution is 5.92. The first-order chi connectivity index (χ1) is 14.3. The maximum Gasteiger partial charge on any atom is 0.229 e. The number of carbonyl (C=O) groups excluding carboxylic acids is 2. The molecule has 2 aromatic rings. The second kappa shape index (κ2) is 9.32. The Morgan fingerprint density at radius 3 is 2.50 bits per heavy atom. The summed E-state index contributed by atoms with van der Waals surface area (Å²) in [6, 6.07) is 6.08. The third-order valence-electron chi connectivity index (χ3n) is 5.52. The van der Waals surface area contributed by atoms with Crippen molar-refractivity contribution < 1.29 is 14.0 Å². The highest BCUT2D eigenvalue weighted by Gasteiger charge is 2.28. The van der Waals surface area contributed by atoms with Gasteiger partial charge in [-0.1, -0.05) is 26.0 Å². The van der Waals surface area contributed by atoms with E-state index in [2.05, 4.69) is 15.3 Å². The Morgan fingerprint density at radius 2 is 1.87 bits per heavy atom. The van der Waals surface area contributed by atoms with Crippen LogP contribution in [0.4, 0.5) is 10.1 Å². The lowest BCUT2D eigenvalue weighted by molar-refractivity contribution is -0.135. The van der Waals surface area contributed by atoms with Gasteiger partial charge >= 0.3 is 0 Å². The van der Waals surface area contributed by atoms with Crippen molar-refractivity contribution in [3.8, 4) is 0 Å². The van der Waals surface area contributed by atoms with Crippen molar-refractivity contribution in [2.75, 3.05) is 18.4 Å². The van der Waals surface area contributed by atoms with Crippen LogP contribution in [-0.2, 0) is 16.0 Å². The lowest BCUT2D eigenvalue weighted by Crippen LogP contribution is -2.41. The minimum absolute atomic E-state index is 0.0246. The molecule has 6 nitrogen and oxygen atoms in total. The number of carbonyl (C=O) groups is 2. The van der Waals surface area contributed by atoms with E-state index in [4.69, 9.17) is 0 Å². The largest absolute Gasteiger partial charge is 0.342 e. The van der Waals surface area contributed by atoms with Crippen molar-refractivity contribution in [3.63, 3.8) is 0 Å².